The zero-order valence-corrected chi connectivity index (χ0v) is 17.1. The number of nitrogens with one attached hydrogen (secondary N) is 2. The van der Waals surface area contributed by atoms with E-state index in [4.69, 9.17) is 4.74 Å². The molecule has 0 spiro atoms. The average Bonchev–Trinajstić information content (AvgIpc) is 2.58. The molecule has 0 unspecified atom stereocenters. The molecule has 2 N–H and O–H groups in total. The van der Waals surface area contributed by atoms with Crippen molar-refractivity contribution >= 4 is 15.9 Å². The van der Waals surface area contributed by atoms with Crippen LogP contribution in [0.5, 0.6) is 5.75 Å². The van der Waals surface area contributed by atoms with Crippen LogP contribution in [0.15, 0.2) is 47.4 Å². The van der Waals surface area contributed by atoms with Crippen LogP contribution in [-0.4, -0.2) is 27.0 Å². The van der Waals surface area contributed by atoms with Gasteiger partial charge in [-0.25, -0.2) is 13.1 Å². The molecule has 0 saturated carbocycles. The van der Waals surface area contributed by atoms with Crippen LogP contribution in [0.3, 0.4) is 0 Å². The summed E-state index contributed by atoms with van der Waals surface area (Å²) in [6, 6.07) is 12.2. The molecule has 146 valence electrons. The lowest BCUT2D eigenvalue weighted by atomic mass is 10.1. The molecule has 2 aromatic rings. The first-order valence-corrected chi connectivity index (χ1v) is 10.1. The Bertz CT molecular complexity index is 914. The number of carbonyl (C=O) groups is 1. The predicted molar refractivity (Wildman–Crippen MR) is 105 cm³/mol. The molecule has 0 aliphatic rings. The van der Waals surface area contributed by atoms with E-state index in [0.717, 1.165) is 11.1 Å². The Labute approximate surface area is 161 Å². The number of hydrogen-bond acceptors (Lipinski definition) is 4. The van der Waals surface area contributed by atoms with Gasteiger partial charge in [0.1, 0.15) is 10.6 Å². The highest BCUT2D eigenvalue weighted by Crippen LogP contribution is 2.26. The maximum Gasteiger partial charge on any atom is 0.251 e. The van der Waals surface area contributed by atoms with Gasteiger partial charge in [0.2, 0.25) is 10.0 Å². The van der Waals surface area contributed by atoms with Crippen molar-refractivity contribution in [2.75, 3.05) is 7.11 Å². The predicted octanol–water partition coefficient (Wildman–Crippen LogP) is 3.01. The fourth-order valence-corrected chi connectivity index (χ4v) is 4.09. The molecule has 0 radical (unpaired) electrons. The van der Waals surface area contributed by atoms with Crippen LogP contribution in [-0.2, 0) is 16.6 Å². The third-order valence-electron chi connectivity index (χ3n) is 3.73. The van der Waals surface area contributed by atoms with Crippen molar-refractivity contribution in [1.82, 2.24) is 10.0 Å². The Kier molecular flexibility index (Phi) is 6.28. The van der Waals surface area contributed by atoms with Gasteiger partial charge in [0.25, 0.3) is 5.91 Å². The van der Waals surface area contributed by atoms with E-state index >= 15 is 0 Å². The first kappa shape index (κ1) is 20.9. The zero-order chi connectivity index (χ0) is 20.2. The lowest BCUT2D eigenvalue weighted by Gasteiger charge is -2.21. The second-order valence-corrected chi connectivity index (χ2v) is 9.04. The van der Waals surface area contributed by atoms with Crippen LogP contribution in [0.25, 0.3) is 0 Å². The zero-order valence-electron chi connectivity index (χ0n) is 16.3. The molecule has 0 aromatic heterocycles. The van der Waals surface area contributed by atoms with Gasteiger partial charge in [-0.1, -0.05) is 29.8 Å². The van der Waals surface area contributed by atoms with E-state index in [0.29, 0.717) is 6.54 Å². The number of methoxy groups -OCH3 is 1. The minimum Gasteiger partial charge on any atom is -0.495 e. The van der Waals surface area contributed by atoms with Crippen LogP contribution in [0.1, 0.15) is 42.3 Å². The number of benzene rings is 2. The van der Waals surface area contributed by atoms with E-state index in [1.54, 1.807) is 26.8 Å². The maximum absolute atomic E-state index is 12.7. The molecule has 0 saturated heterocycles. The van der Waals surface area contributed by atoms with Crippen molar-refractivity contribution in [2.45, 2.75) is 44.7 Å². The Hall–Kier alpha value is -2.38. The molecule has 1 amide bonds. The summed E-state index contributed by atoms with van der Waals surface area (Å²) in [6.07, 6.45) is 0. The molecule has 0 bridgehead atoms. The van der Waals surface area contributed by atoms with Crippen molar-refractivity contribution in [1.29, 1.82) is 0 Å². The van der Waals surface area contributed by atoms with E-state index in [1.807, 2.05) is 31.2 Å². The minimum absolute atomic E-state index is 0.0667. The van der Waals surface area contributed by atoms with Crippen molar-refractivity contribution in [2.24, 2.45) is 0 Å². The monoisotopic (exact) mass is 390 g/mol. The lowest BCUT2D eigenvalue weighted by Crippen LogP contribution is -2.40. The van der Waals surface area contributed by atoms with Crippen LogP contribution in [0.4, 0.5) is 0 Å². The highest BCUT2D eigenvalue weighted by Gasteiger charge is 2.26. The summed E-state index contributed by atoms with van der Waals surface area (Å²) >= 11 is 0. The van der Waals surface area contributed by atoms with Gasteiger partial charge in [-0.05, 0) is 51.5 Å². The molecular formula is C20H26N2O4S. The fourth-order valence-electron chi connectivity index (χ4n) is 2.48. The van der Waals surface area contributed by atoms with Gasteiger partial charge in [-0.3, -0.25) is 4.79 Å². The molecule has 2 aromatic carbocycles. The van der Waals surface area contributed by atoms with Gasteiger partial charge < -0.3 is 10.1 Å². The maximum atomic E-state index is 12.7. The normalized spacial score (nSPS) is 11.9. The van der Waals surface area contributed by atoms with Crippen molar-refractivity contribution in [3.8, 4) is 5.75 Å². The molecule has 0 fully saturated rings. The van der Waals surface area contributed by atoms with Crippen LogP contribution >= 0.6 is 0 Å². The van der Waals surface area contributed by atoms with Crippen LogP contribution in [0, 0.1) is 6.92 Å². The molecule has 0 atom stereocenters. The molecule has 0 heterocycles. The number of aryl methyl sites for hydroxylation is 1. The Morgan fingerprint density at radius 2 is 1.70 bits per heavy atom. The van der Waals surface area contributed by atoms with Gasteiger partial charge in [0.15, 0.2) is 0 Å². The summed E-state index contributed by atoms with van der Waals surface area (Å²) in [5.41, 5.74) is 1.69. The number of hydrogen-bond donors (Lipinski definition) is 2. The Balaban J connectivity index is 2.25. The van der Waals surface area contributed by atoms with Crippen molar-refractivity contribution < 1.29 is 17.9 Å². The summed E-state index contributed by atoms with van der Waals surface area (Å²) in [5.74, 6) is -0.174. The number of carbonyl (C=O) groups excluding carboxylic acids is 1. The SMILES string of the molecule is COc1ccc(C(=O)NCc2ccc(C)cc2)cc1S(=O)(=O)NC(C)(C)C. The standard InChI is InChI=1S/C20H26N2O4S/c1-14-6-8-15(9-7-14)13-21-19(23)16-10-11-17(26-5)18(12-16)27(24,25)22-20(2,3)4/h6-12,22H,13H2,1-5H3,(H,21,23). The Morgan fingerprint density at radius 3 is 2.26 bits per heavy atom. The summed E-state index contributed by atoms with van der Waals surface area (Å²) in [4.78, 5) is 12.4. The van der Waals surface area contributed by atoms with Gasteiger partial charge in [-0.2, -0.15) is 0 Å². The number of amides is 1. The van der Waals surface area contributed by atoms with Gasteiger partial charge >= 0.3 is 0 Å². The van der Waals surface area contributed by atoms with E-state index in [1.165, 1.54) is 19.2 Å². The molecule has 0 aliphatic carbocycles. The van der Waals surface area contributed by atoms with Gasteiger partial charge in [0.05, 0.1) is 7.11 Å². The van der Waals surface area contributed by atoms with Gasteiger partial charge in [0, 0.05) is 17.6 Å². The van der Waals surface area contributed by atoms with Crippen molar-refractivity contribution in [3.63, 3.8) is 0 Å². The number of ether oxygens (including phenoxy) is 1. The lowest BCUT2D eigenvalue weighted by molar-refractivity contribution is 0.0950. The molecule has 0 aliphatic heterocycles. The fraction of sp³-hybridized carbons (Fsp3) is 0.350. The summed E-state index contributed by atoms with van der Waals surface area (Å²) in [5, 5.41) is 2.80. The van der Waals surface area contributed by atoms with E-state index in [9.17, 15) is 13.2 Å². The topological polar surface area (TPSA) is 84.5 Å². The number of sulfonamides is 1. The molecular weight excluding hydrogens is 364 g/mol. The molecule has 6 nitrogen and oxygen atoms in total. The quantitative estimate of drug-likeness (QED) is 0.794. The van der Waals surface area contributed by atoms with Gasteiger partial charge in [-0.15, -0.1) is 0 Å². The third-order valence-corrected chi connectivity index (χ3v) is 5.51. The smallest absolute Gasteiger partial charge is 0.251 e. The largest absolute Gasteiger partial charge is 0.495 e. The summed E-state index contributed by atoms with van der Waals surface area (Å²) in [7, 11) is -2.45. The molecule has 2 rings (SSSR count). The third kappa shape index (κ3) is 5.80. The first-order valence-electron chi connectivity index (χ1n) is 8.57. The van der Waals surface area contributed by atoms with E-state index in [2.05, 4.69) is 10.0 Å². The minimum atomic E-state index is -3.84. The summed E-state index contributed by atoms with van der Waals surface area (Å²) < 4.78 is 33.1. The summed E-state index contributed by atoms with van der Waals surface area (Å²) in [6.45, 7) is 7.58. The van der Waals surface area contributed by atoms with Crippen LogP contribution in [0.2, 0.25) is 0 Å². The average molecular weight is 391 g/mol. The second kappa shape index (κ2) is 8.10. The molecule has 27 heavy (non-hydrogen) atoms. The Morgan fingerprint density at radius 1 is 1.07 bits per heavy atom. The second-order valence-electron chi connectivity index (χ2n) is 7.39. The number of rotatable bonds is 6. The first-order chi connectivity index (χ1) is 12.5. The highest BCUT2D eigenvalue weighted by molar-refractivity contribution is 7.89. The van der Waals surface area contributed by atoms with Crippen LogP contribution < -0.4 is 14.8 Å². The molecule has 7 heteroatoms. The van der Waals surface area contributed by atoms with E-state index in [-0.39, 0.29) is 22.1 Å². The van der Waals surface area contributed by atoms with Crippen molar-refractivity contribution in [3.05, 3.63) is 59.2 Å². The highest BCUT2D eigenvalue weighted by atomic mass is 32.2. The van der Waals surface area contributed by atoms with E-state index < -0.39 is 15.6 Å².